The van der Waals surface area contributed by atoms with Crippen LogP contribution in [0.3, 0.4) is 0 Å². The van der Waals surface area contributed by atoms with E-state index in [1.165, 1.54) is 29.2 Å². The van der Waals surface area contributed by atoms with E-state index in [0.717, 1.165) is 11.3 Å². The van der Waals surface area contributed by atoms with E-state index in [2.05, 4.69) is 21.9 Å². The second-order valence-corrected chi connectivity index (χ2v) is 9.67. The molecule has 6 N–H and O–H groups in total. The maximum absolute atomic E-state index is 12.4. The molecule has 0 spiro atoms. The molecule has 0 amide bonds. The van der Waals surface area contributed by atoms with Crippen molar-refractivity contribution in [3.05, 3.63) is 52.7 Å². The van der Waals surface area contributed by atoms with Gasteiger partial charge < -0.3 is 30.8 Å². The third-order valence-electron chi connectivity index (χ3n) is 4.79. The van der Waals surface area contributed by atoms with E-state index in [-0.39, 0.29) is 17.0 Å². The van der Waals surface area contributed by atoms with Crippen LogP contribution in [-0.4, -0.2) is 65.4 Å². The number of hydrogen-bond acceptors (Lipinski definition) is 8. The predicted octanol–water partition coefficient (Wildman–Crippen LogP) is -0.0160. The third kappa shape index (κ3) is 5.43. The number of benzene rings is 1. The molecule has 2 aliphatic heterocycles. The molecule has 13 heteroatoms. The molecule has 0 radical (unpaired) electrons. The van der Waals surface area contributed by atoms with Gasteiger partial charge in [-0.1, -0.05) is 30.5 Å². The normalized spacial score (nSPS) is 22.1. The highest BCUT2D eigenvalue weighted by Gasteiger charge is 2.40. The Hall–Kier alpha value is -2.03. The maximum atomic E-state index is 12.4. The Labute approximate surface area is 188 Å². The molecule has 2 aliphatic rings. The summed E-state index contributed by atoms with van der Waals surface area (Å²) in [6.07, 6.45) is 0.457. The summed E-state index contributed by atoms with van der Waals surface area (Å²) in [7, 11) is 4.14. The first-order valence-corrected chi connectivity index (χ1v) is 11.5. The van der Waals surface area contributed by atoms with E-state index in [0.29, 0.717) is 17.9 Å². The SMILES string of the molecule is C=C(NC1Cc2cccc(C(=O)O)c2OB1OC)C(NS(=O)N(C)C)C1=CSC(N)N1. The molecule has 31 heavy (non-hydrogen) atoms. The van der Waals surface area contributed by atoms with Gasteiger partial charge in [0.25, 0.3) is 0 Å². The van der Waals surface area contributed by atoms with Crippen molar-refractivity contribution >= 4 is 36.0 Å². The average Bonchev–Trinajstić information content (AvgIpc) is 3.16. The average molecular weight is 467 g/mol. The Balaban J connectivity index is 1.81. The molecule has 0 bridgehead atoms. The number of fused-ring (bicyclic) bond motifs is 1. The van der Waals surface area contributed by atoms with Gasteiger partial charge in [0.05, 0.1) is 17.5 Å². The van der Waals surface area contributed by atoms with Gasteiger partial charge in [-0.3, -0.25) is 0 Å². The first-order valence-electron chi connectivity index (χ1n) is 9.44. The lowest BCUT2D eigenvalue weighted by Gasteiger charge is -2.34. The molecule has 2 heterocycles. The molecule has 4 unspecified atom stereocenters. The second-order valence-electron chi connectivity index (χ2n) is 7.19. The molecule has 10 nitrogen and oxygen atoms in total. The first kappa shape index (κ1) is 23.6. The van der Waals surface area contributed by atoms with Gasteiger partial charge in [-0.15, -0.1) is 0 Å². The monoisotopic (exact) mass is 467 g/mol. The highest BCUT2D eigenvalue weighted by atomic mass is 32.2. The van der Waals surface area contributed by atoms with Crippen molar-refractivity contribution in [2.45, 2.75) is 23.9 Å². The van der Waals surface area contributed by atoms with Crippen molar-refractivity contribution in [1.29, 1.82) is 0 Å². The Morgan fingerprint density at radius 3 is 2.87 bits per heavy atom. The van der Waals surface area contributed by atoms with Crippen molar-refractivity contribution < 1.29 is 23.4 Å². The minimum Gasteiger partial charge on any atom is -0.534 e. The summed E-state index contributed by atoms with van der Waals surface area (Å²) in [5, 5.41) is 17.7. The molecule has 0 aliphatic carbocycles. The second kappa shape index (κ2) is 10.1. The Kier molecular flexibility index (Phi) is 7.67. The number of carbonyl (C=O) groups is 1. The predicted molar refractivity (Wildman–Crippen MR) is 122 cm³/mol. The van der Waals surface area contributed by atoms with Gasteiger partial charge in [0.1, 0.15) is 11.2 Å². The fourth-order valence-corrected chi connectivity index (χ4v) is 4.68. The topological polar surface area (TPSA) is 138 Å². The van der Waals surface area contributed by atoms with Crippen molar-refractivity contribution in [3.8, 4) is 5.75 Å². The van der Waals surface area contributed by atoms with Crippen molar-refractivity contribution in [2.75, 3.05) is 21.2 Å². The largest absolute Gasteiger partial charge is 0.549 e. The Morgan fingerprint density at radius 2 is 2.29 bits per heavy atom. The summed E-state index contributed by atoms with van der Waals surface area (Å²) in [6.45, 7) is 4.14. The molecular weight excluding hydrogens is 441 g/mol. The van der Waals surface area contributed by atoms with Crippen molar-refractivity contribution in [1.82, 2.24) is 19.7 Å². The summed E-state index contributed by atoms with van der Waals surface area (Å²) >= 11 is -0.0567. The van der Waals surface area contributed by atoms with E-state index in [9.17, 15) is 14.1 Å². The van der Waals surface area contributed by atoms with Crippen LogP contribution in [0.25, 0.3) is 0 Å². The van der Waals surface area contributed by atoms with Crippen LogP contribution >= 0.6 is 11.8 Å². The van der Waals surface area contributed by atoms with Crippen LogP contribution in [0.1, 0.15) is 15.9 Å². The lowest BCUT2D eigenvalue weighted by molar-refractivity contribution is 0.0694. The number of nitrogens with one attached hydrogen (secondary N) is 3. The minimum atomic E-state index is -1.47. The summed E-state index contributed by atoms with van der Waals surface area (Å²) in [5.41, 5.74) is 7.73. The number of rotatable bonds is 9. The van der Waals surface area contributed by atoms with E-state index in [4.69, 9.17) is 15.0 Å². The molecule has 0 aromatic heterocycles. The zero-order chi connectivity index (χ0) is 22.7. The zero-order valence-electron chi connectivity index (χ0n) is 17.5. The smallest absolute Gasteiger partial charge is 0.534 e. The van der Waals surface area contributed by atoms with Crippen LogP contribution in [0.15, 0.2) is 41.6 Å². The number of para-hydroxylation sites is 1. The van der Waals surface area contributed by atoms with Gasteiger partial charge in [0.15, 0.2) is 11.2 Å². The highest BCUT2D eigenvalue weighted by Crippen LogP contribution is 2.31. The Morgan fingerprint density at radius 1 is 1.55 bits per heavy atom. The fraction of sp³-hybridized carbons (Fsp3) is 0.389. The number of nitrogens with two attached hydrogens (primary N) is 1. The number of carboxylic acid groups (broad SMARTS) is 1. The molecule has 168 valence electrons. The van der Waals surface area contributed by atoms with Crippen LogP contribution in [0.5, 0.6) is 5.75 Å². The quantitative estimate of drug-likeness (QED) is 0.317. The van der Waals surface area contributed by atoms with Gasteiger partial charge in [-0.05, 0) is 23.5 Å². The standard InChI is InChI=1S/C18H26BN5O5S2/c1-10(15(23-31(27)24(2)3)13-9-30-18(20)22-13)21-14-8-11-6-5-7-12(17(25)26)16(11)29-19(14)28-4/h5-7,9,14-15,18,21-23H,1,8,20H2,2-4H3,(H,25,26). The van der Waals surface area contributed by atoms with Crippen LogP contribution in [0, 0.1) is 0 Å². The van der Waals surface area contributed by atoms with Crippen LogP contribution < -0.4 is 25.7 Å². The molecule has 0 fully saturated rings. The number of thioether (sulfide) groups is 1. The molecule has 0 saturated carbocycles. The fourth-order valence-electron chi connectivity index (χ4n) is 3.30. The molecule has 4 atom stereocenters. The first-order chi connectivity index (χ1) is 14.7. The number of nitrogens with zero attached hydrogens (tertiary/aromatic N) is 1. The van der Waals surface area contributed by atoms with Gasteiger partial charge >= 0.3 is 13.1 Å². The summed E-state index contributed by atoms with van der Waals surface area (Å²) in [5.74, 6) is -1.11. The molecule has 3 rings (SSSR count). The van der Waals surface area contributed by atoms with Gasteiger partial charge in [-0.2, -0.15) is 0 Å². The summed E-state index contributed by atoms with van der Waals surface area (Å²) in [4.78, 5) is 11.5. The molecule has 1 aromatic carbocycles. The third-order valence-corrected chi connectivity index (χ3v) is 6.69. The number of carboxylic acids is 1. The Bertz CT molecular complexity index is 915. The van der Waals surface area contributed by atoms with E-state index < -0.39 is 30.3 Å². The zero-order valence-corrected chi connectivity index (χ0v) is 19.1. The summed E-state index contributed by atoms with van der Waals surface area (Å²) in [6, 6.07) is 4.48. The van der Waals surface area contributed by atoms with Crippen LogP contribution in [0.4, 0.5) is 0 Å². The molecular formula is C18H26BN5O5S2. The summed E-state index contributed by atoms with van der Waals surface area (Å²) < 4.78 is 28.3. The number of aromatic carboxylic acids is 1. The van der Waals surface area contributed by atoms with Gasteiger partial charge in [-0.25, -0.2) is 18.0 Å². The molecule has 1 aromatic rings. The molecule has 0 saturated heterocycles. The minimum absolute atomic E-state index is 0.0871. The highest BCUT2D eigenvalue weighted by molar-refractivity contribution is 8.02. The van der Waals surface area contributed by atoms with Crippen LogP contribution in [0.2, 0.25) is 0 Å². The van der Waals surface area contributed by atoms with Crippen LogP contribution in [-0.2, 0) is 22.2 Å². The van der Waals surface area contributed by atoms with Crippen molar-refractivity contribution in [3.63, 3.8) is 0 Å². The van der Waals surface area contributed by atoms with E-state index in [1.54, 1.807) is 20.2 Å². The van der Waals surface area contributed by atoms with Gasteiger partial charge in [0, 0.05) is 32.6 Å². The van der Waals surface area contributed by atoms with Gasteiger partial charge in [0.2, 0.25) is 0 Å². The van der Waals surface area contributed by atoms with E-state index >= 15 is 0 Å². The van der Waals surface area contributed by atoms with E-state index in [1.807, 2.05) is 11.5 Å². The maximum Gasteiger partial charge on any atom is 0.549 e. The number of hydrogen-bond donors (Lipinski definition) is 5. The lowest BCUT2D eigenvalue weighted by atomic mass is 9.71. The van der Waals surface area contributed by atoms with Crippen molar-refractivity contribution in [2.24, 2.45) is 5.73 Å². The lowest BCUT2D eigenvalue weighted by Crippen LogP contribution is -2.55.